The molecule has 2 aromatic rings. The fraction of sp³-hybridized carbons (Fsp3) is 0.400. The third kappa shape index (κ3) is 7.41. The van der Waals surface area contributed by atoms with Crippen molar-refractivity contribution in [3.63, 3.8) is 0 Å². The van der Waals surface area contributed by atoms with Gasteiger partial charge in [-0.1, -0.05) is 38.2 Å². The molecule has 0 aliphatic heterocycles. The molecule has 0 spiro atoms. The molecule has 170 valence electrons. The summed E-state index contributed by atoms with van der Waals surface area (Å²) in [6.07, 6.45) is 6.97. The molecule has 2 amide bonds. The van der Waals surface area contributed by atoms with Gasteiger partial charge in [0.25, 0.3) is 5.91 Å². The van der Waals surface area contributed by atoms with Crippen molar-refractivity contribution in [2.75, 3.05) is 17.2 Å². The Kier molecular flexibility index (Phi) is 8.66. The van der Waals surface area contributed by atoms with Gasteiger partial charge in [0.1, 0.15) is 5.75 Å². The summed E-state index contributed by atoms with van der Waals surface area (Å²) >= 11 is 0. The van der Waals surface area contributed by atoms with E-state index in [2.05, 4.69) is 10.6 Å². The monoisotopic (exact) mass is 438 g/mol. The smallest absolute Gasteiger partial charge is 0.434 e. The van der Waals surface area contributed by atoms with Gasteiger partial charge >= 0.3 is 6.16 Å². The molecule has 1 aliphatic rings. The zero-order valence-electron chi connectivity index (χ0n) is 18.4. The molecule has 0 saturated heterocycles. The molecule has 32 heavy (non-hydrogen) atoms. The third-order valence-electron chi connectivity index (χ3n) is 5.49. The Balaban J connectivity index is 1.50. The molecule has 3 rings (SSSR count). The molecular formula is C25H30N2O5. The number of carbonyl (C=O) groups is 3. The van der Waals surface area contributed by atoms with Crippen LogP contribution in [0.25, 0.3) is 0 Å². The number of nitrogens with one attached hydrogen (secondary N) is 2. The van der Waals surface area contributed by atoms with Crippen molar-refractivity contribution < 1.29 is 23.9 Å². The number of carbonyl (C=O) groups excluding carboxylic acids is 3. The van der Waals surface area contributed by atoms with Crippen molar-refractivity contribution in [2.24, 2.45) is 5.92 Å². The minimum atomic E-state index is -0.790. The fourth-order valence-electron chi connectivity index (χ4n) is 3.83. The Bertz CT molecular complexity index is 920. The van der Waals surface area contributed by atoms with Gasteiger partial charge in [0.2, 0.25) is 5.91 Å². The largest absolute Gasteiger partial charge is 0.513 e. The van der Waals surface area contributed by atoms with Crippen LogP contribution in [0.15, 0.2) is 48.5 Å². The van der Waals surface area contributed by atoms with Crippen molar-refractivity contribution in [3.05, 3.63) is 54.1 Å². The van der Waals surface area contributed by atoms with Crippen LogP contribution >= 0.6 is 0 Å². The molecule has 0 bridgehead atoms. The highest BCUT2D eigenvalue weighted by molar-refractivity contribution is 6.04. The summed E-state index contributed by atoms with van der Waals surface area (Å²) in [5.41, 5.74) is 1.63. The topological polar surface area (TPSA) is 93.7 Å². The third-order valence-corrected chi connectivity index (χ3v) is 5.49. The molecular weight excluding hydrogens is 408 g/mol. The van der Waals surface area contributed by atoms with Crippen LogP contribution in [0, 0.1) is 5.92 Å². The lowest BCUT2D eigenvalue weighted by Gasteiger charge is -2.21. The molecule has 1 saturated carbocycles. The van der Waals surface area contributed by atoms with Crippen LogP contribution in [-0.2, 0) is 9.53 Å². The number of ether oxygens (including phenoxy) is 2. The molecule has 7 nitrogen and oxygen atoms in total. The van der Waals surface area contributed by atoms with Gasteiger partial charge in [-0.3, -0.25) is 9.59 Å². The number of anilines is 2. The summed E-state index contributed by atoms with van der Waals surface area (Å²) in [7, 11) is 0. The van der Waals surface area contributed by atoms with Gasteiger partial charge in [-0.15, -0.1) is 0 Å². The molecule has 0 aromatic heterocycles. The van der Waals surface area contributed by atoms with Gasteiger partial charge in [0, 0.05) is 23.4 Å². The second-order valence-electron chi connectivity index (χ2n) is 7.94. The predicted octanol–water partition coefficient (Wildman–Crippen LogP) is 5.77. The number of hydrogen-bond donors (Lipinski definition) is 2. The van der Waals surface area contributed by atoms with Crippen LogP contribution in [0.2, 0.25) is 0 Å². The summed E-state index contributed by atoms with van der Waals surface area (Å²) in [4.78, 5) is 36.2. The number of hydrogen-bond acceptors (Lipinski definition) is 5. The van der Waals surface area contributed by atoms with Crippen LogP contribution in [0.4, 0.5) is 16.2 Å². The Morgan fingerprint density at radius 3 is 2.31 bits per heavy atom. The second kappa shape index (κ2) is 11.9. The number of rotatable bonds is 8. The van der Waals surface area contributed by atoms with Crippen molar-refractivity contribution >= 4 is 29.3 Å². The summed E-state index contributed by atoms with van der Waals surface area (Å²) in [5, 5.41) is 5.73. The van der Waals surface area contributed by atoms with E-state index in [1.807, 2.05) is 0 Å². The van der Waals surface area contributed by atoms with Crippen LogP contribution in [0.3, 0.4) is 0 Å². The predicted molar refractivity (Wildman–Crippen MR) is 123 cm³/mol. The van der Waals surface area contributed by atoms with Crippen LogP contribution in [-0.4, -0.2) is 24.6 Å². The molecule has 0 heterocycles. The molecule has 2 aromatic carbocycles. The van der Waals surface area contributed by atoms with Crippen molar-refractivity contribution in [3.8, 4) is 5.75 Å². The maximum absolute atomic E-state index is 12.5. The van der Waals surface area contributed by atoms with E-state index >= 15 is 0 Å². The second-order valence-corrected chi connectivity index (χ2v) is 7.94. The SMILES string of the molecule is CCOC(=O)Oc1ccc(C(=O)Nc2cccc(NC(=O)CCC3CCCCC3)c2)cc1. The molecule has 1 aliphatic carbocycles. The molecule has 1 fully saturated rings. The van der Waals surface area contributed by atoms with Crippen LogP contribution in [0.5, 0.6) is 5.75 Å². The molecule has 0 radical (unpaired) electrons. The van der Waals surface area contributed by atoms with Gasteiger partial charge in [-0.05, 0) is 61.7 Å². The average molecular weight is 439 g/mol. The number of benzene rings is 2. The summed E-state index contributed by atoms with van der Waals surface area (Å²) in [5.74, 6) is 0.636. The zero-order valence-corrected chi connectivity index (χ0v) is 18.4. The first-order valence-electron chi connectivity index (χ1n) is 11.2. The van der Waals surface area contributed by atoms with Crippen LogP contribution in [0.1, 0.15) is 62.2 Å². The van der Waals surface area contributed by atoms with Gasteiger partial charge in [0.15, 0.2) is 0 Å². The Morgan fingerprint density at radius 1 is 0.938 bits per heavy atom. The molecule has 0 unspecified atom stereocenters. The minimum absolute atomic E-state index is 0.00348. The normalized spacial score (nSPS) is 13.8. The molecule has 0 atom stereocenters. The maximum Gasteiger partial charge on any atom is 0.513 e. The first-order valence-corrected chi connectivity index (χ1v) is 11.2. The lowest BCUT2D eigenvalue weighted by molar-refractivity contribution is -0.116. The van der Waals surface area contributed by atoms with Gasteiger partial charge in [-0.25, -0.2) is 4.79 Å². The quantitative estimate of drug-likeness (QED) is 0.403. The molecule has 2 N–H and O–H groups in total. The minimum Gasteiger partial charge on any atom is -0.434 e. The first-order chi connectivity index (χ1) is 15.5. The van der Waals surface area contributed by atoms with E-state index in [1.165, 1.54) is 44.2 Å². The molecule has 7 heteroatoms. The highest BCUT2D eigenvalue weighted by atomic mass is 16.7. The fourth-order valence-corrected chi connectivity index (χ4v) is 3.83. The lowest BCUT2D eigenvalue weighted by atomic mass is 9.86. The van der Waals surface area contributed by atoms with E-state index in [1.54, 1.807) is 43.3 Å². The highest BCUT2D eigenvalue weighted by Crippen LogP contribution is 2.27. The highest BCUT2D eigenvalue weighted by Gasteiger charge is 2.15. The maximum atomic E-state index is 12.5. The van der Waals surface area contributed by atoms with Crippen LogP contribution < -0.4 is 15.4 Å². The van der Waals surface area contributed by atoms with Gasteiger partial charge < -0.3 is 20.1 Å². The number of amides is 2. The lowest BCUT2D eigenvalue weighted by Crippen LogP contribution is -2.15. The zero-order chi connectivity index (χ0) is 22.8. The van der Waals surface area contributed by atoms with E-state index < -0.39 is 6.16 Å². The van der Waals surface area contributed by atoms with Crippen molar-refractivity contribution in [1.29, 1.82) is 0 Å². The van der Waals surface area contributed by atoms with Gasteiger partial charge in [0.05, 0.1) is 6.61 Å². The van der Waals surface area contributed by atoms with E-state index in [0.29, 0.717) is 29.3 Å². The Labute approximate surface area is 188 Å². The summed E-state index contributed by atoms with van der Waals surface area (Å²) in [6, 6.07) is 13.2. The summed E-state index contributed by atoms with van der Waals surface area (Å²) < 4.78 is 9.70. The van der Waals surface area contributed by atoms with Crippen molar-refractivity contribution in [1.82, 2.24) is 0 Å². The average Bonchev–Trinajstić information content (AvgIpc) is 2.79. The standard InChI is InChI=1S/C25H30N2O5/c1-2-31-25(30)32-22-14-12-19(13-15-22)24(29)27-21-10-6-9-20(17-21)26-23(28)16-11-18-7-4-3-5-8-18/h6,9-10,12-15,17-18H,2-5,7-8,11,16H2,1H3,(H,26,28)(H,27,29). The van der Waals surface area contributed by atoms with E-state index in [-0.39, 0.29) is 24.2 Å². The van der Waals surface area contributed by atoms with Crippen molar-refractivity contribution in [2.45, 2.75) is 51.9 Å². The Morgan fingerprint density at radius 2 is 1.62 bits per heavy atom. The van der Waals surface area contributed by atoms with Gasteiger partial charge in [-0.2, -0.15) is 0 Å². The Hall–Kier alpha value is -3.35. The first kappa shape index (κ1) is 23.3. The van der Waals surface area contributed by atoms with E-state index in [9.17, 15) is 14.4 Å². The van der Waals surface area contributed by atoms with E-state index in [4.69, 9.17) is 9.47 Å². The van der Waals surface area contributed by atoms with E-state index in [0.717, 1.165) is 6.42 Å². The summed E-state index contributed by atoms with van der Waals surface area (Å²) in [6.45, 7) is 1.91.